The van der Waals surface area contributed by atoms with Crippen LogP contribution in [0.4, 0.5) is 5.69 Å². The molecule has 3 aromatic rings. The van der Waals surface area contributed by atoms with Crippen molar-refractivity contribution in [3.63, 3.8) is 0 Å². The Morgan fingerprint density at radius 2 is 1.56 bits per heavy atom. The lowest BCUT2D eigenvalue weighted by Gasteiger charge is -2.34. The Hall–Kier alpha value is -2.49. The van der Waals surface area contributed by atoms with Crippen molar-refractivity contribution in [2.75, 3.05) is 17.1 Å². The normalized spacial score (nSPS) is 14.5. The van der Waals surface area contributed by atoms with Gasteiger partial charge in [0.15, 0.2) is 0 Å². The molecule has 1 saturated carbocycles. The van der Waals surface area contributed by atoms with Crippen LogP contribution < -0.4 is 9.62 Å². The lowest BCUT2D eigenvalue weighted by atomic mass is 9.94. The summed E-state index contributed by atoms with van der Waals surface area (Å²) >= 11 is 25.0. The zero-order valence-electron chi connectivity index (χ0n) is 25.0. The van der Waals surface area contributed by atoms with E-state index in [0.29, 0.717) is 27.1 Å². The number of benzene rings is 3. The molecule has 4 rings (SSSR count). The van der Waals surface area contributed by atoms with Crippen LogP contribution >= 0.6 is 46.4 Å². The minimum atomic E-state index is -3.75. The number of halogens is 4. The molecule has 7 nitrogen and oxygen atoms in total. The highest BCUT2D eigenvalue weighted by atomic mass is 35.5. The SMILES string of the molecule is CS(=O)(=O)N(CCCC(=O)N(Cc1ccc(Cl)c(Cl)c1)[C@H](Cc1ccccc1)C(=O)NC1CCCCC1)c1cc(Cl)ccc1Cl. The molecule has 0 heterocycles. The van der Waals surface area contributed by atoms with Crippen LogP contribution in [-0.2, 0) is 32.6 Å². The molecule has 1 aliphatic carbocycles. The van der Waals surface area contributed by atoms with Crippen molar-refractivity contribution in [1.29, 1.82) is 0 Å². The quantitative estimate of drug-likeness (QED) is 0.195. The number of nitrogens with one attached hydrogen (secondary N) is 1. The van der Waals surface area contributed by atoms with Crippen molar-refractivity contribution in [3.8, 4) is 0 Å². The van der Waals surface area contributed by atoms with E-state index >= 15 is 0 Å². The predicted molar refractivity (Wildman–Crippen MR) is 184 cm³/mol. The number of hydrogen-bond donors (Lipinski definition) is 1. The Morgan fingerprint density at radius 1 is 0.867 bits per heavy atom. The second-order valence-electron chi connectivity index (χ2n) is 11.4. The molecule has 45 heavy (non-hydrogen) atoms. The average Bonchev–Trinajstić information content (AvgIpc) is 3.00. The van der Waals surface area contributed by atoms with Crippen LogP contribution in [0.1, 0.15) is 56.1 Å². The third-order valence-electron chi connectivity index (χ3n) is 7.89. The predicted octanol–water partition coefficient (Wildman–Crippen LogP) is 7.94. The van der Waals surface area contributed by atoms with Crippen molar-refractivity contribution in [1.82, 2.24) is 10.2 Å². The summed E-state index contributed by atoms with van der Waals surface area (Å²) in [6.45, 7) is 0.101. The molecule has 0 unspecified atom stereocenters. The van der Waals surface area contributed by atoms with Gasteiger partial charge in [0.2, 0.25) is 21.8 Å². The van der Waals surface area contributed by atoms with Gasteiger partial charge in [-0.2, -0.15) is 0 Å². The molecule has 1 fully saturated rings. The van der Waals surface area contributed by atoms with Crippen molar-refractivity contribution >= 4 is 73.9 Å². The summed E-state index contributed by atoms with van der Waals surface area (Å²) in [6, 6.07) is 18.5. The smallest absolute Gasteiger partial charge is 0.243 e. The molecule has 0 aliphatic heterocycles. The van der Waals surface area contributed by atoms with Crippen molar-refractivity contribution < 1.29 is 18.0 Å². The first-order valence-corrected chi connectivity index (χ1v) is 18.3. The molecule has 3 aromatic carbocycles. The van der Waals surface area contributed by atoms with Gasteiger partial charge in [-0.3, -0.25) is 13.9 Å². The summed E-state index contributed by atoms with van der Waals surface area (Å²) in [7, 11) is -3.75. The first kappa shape index (κ1) is 35.4. The molecule has 0 radical (unpaired) electrons. The standard InChI is InChI=1S/C33H37Cl4N3O4S/c1-45(43,44)40(30-21-25(34)15-17-28(30)36)18-8-13-32(41)39(22-24-14-16-27(35)29(37)19-24)31(20-23-9-4-2-5-10-23)33(42)38-26-11-6-3-7-12-26/h2,4-5,9-10,14-17,19,21,26,31H,3,6-8,11-13,18,20,22H2,1H3,(H,38,42)/t31-/m1/s1. The summed E-state index contributed by atoms with van der Waals surface area (Å²) < 4.78 is 26.6. The monoisotopic (exact) mass is 711 g/mol. The van der Waals surface area contributed by atoms with Gasteiger partial charge in [0.1, 0.15) is 6.04 Å². The number of rotatable bonds is 13. The number of nitrogens with zero attached hydrogens (tertiary/aromatic N) is 2. The number of carbonyl (C=O) groups excluding carboxylic acids is 2. The Kier molecular flexibility index (Phi) is 12.9. The first-order valence-electron chi connectivity index (χ1n) is 14.9. The topological polar surface area (TPSA) is 86.8 Å². The maximum atomic E-state index is 14.1. The number of hydrogen-bond acceptors (Lipinski definition) is 4. The van der Waals surface area contributed by atoms with Gasteiger partial charge >= 0.3 is 0 Å². The number of sulfonamides is 1. The highest BCUT2D eigenvalue weighted by Crippen LogP contribution is 2.31. The zero-order chi connectivity index (χ0) is 32.6. The second-order valence-corrected chi connectivity index (χ2v) is 14.9. The Balaban J connectivity index is 1.62. The minimum absolute atomic E-state index is 0.0110. The molecular formula is C33H37Cl4N3O4S. The third-order valence-corrected chi connectivity index (χ3v) is 10.4. The van der Waals surface area contributed by atoms with Crippen LogP contribution in [0.15, 0.2) is 66.7 Å². The summed E-state index contributed by atoms with van der Waals surface area (Å²) in [6.07, 6.45) is 6.58. The zero-order valence-corrected chi connectivity index (χ0v) is 28.9. The fourth-order valence-electron chi connectivity index (χ4n) is 5.59. The molecule has 242 valence electrons. The molecule has 1 N–H and O–H groups in total. The fraction of sp³-hybridized carbons (Fsp3) is 0.394. The second kappa shape index (κ2) is 16.4. The van der Waals surface area contributed by atoms with Crippen LogP contribution in [0.25, 0.3) is 0 Å². The maximum absolute atomic E-state index is 14.1. The number of carbonyl (C=O) groups is 2. The summed E-state index contributed by atoms with van der Waals surface area (Å²) in [5.74, 6) is -0.519. The van der Waals surface area contributed by atoms with E-state index in [9.17, 15) is 18.0 Å². The van der Waals surface area contributed by atoms with Gasteiger partial charge in [0.25, 0.3) is 0 Å². The van der Waals surface area contributed by atoms with Crippen LogP contribution in [0.5, 0.6) is 0 Å². The van der Waals surface area contributed by atoms with Gasteiger partial charge in [-0.25, -0.2) is 8.42 Å². The van der Waals surface area contributed by atoms with E-state index in [1.54, 1.807) is 29.2 Å². The van der Waals surface area contributed by atoms with Crippen LogP contribution in [0.2, 0.25) is 20.1 Å². The van der Waals surface area contributed by atoms with Crippen LogP contribution in [-0.4, -0.2) is 50.0 Å². The van der Waals surface area contributed by atoms with Crippen molar-refractivity contribution in [2.45, 2.75) is 70.0 Å². The van der Waals surface area contributed by atoms with Gasteiger partial charge < -0.3 is 10.2 Å². The first-order chi connectivity index (χ1) is 21.4. The molecule has 1 aliphatic rings. The van der Waals surface area contributed by atoms with E-state index in [1.807, 2.05) is 30.3 Å². The largest absolute Gasteiger partial charge is 0.352 e. The lowest BCUT2D eigenvalue weighted by molar-refractivity contribution is -0.141. The highest BCUT2D eigenvalue weighted by molar-refractivity contribution is 7.92. The molecule has 0 spiro atoms. The van der Waals surface area contributed by atoms with Crippen molar-refractivity contribution in [3.05, 3.63) is 97.9 Å². The van der Waals surface area contributed by atoms with E-state index in [4.69, 9.17) is 46.4 Å². The molecule has 1 atom stereocenters. The molecule has 0 saturated heterocycles. The molecular weight excluding hydrogens is 676 g/mol. The fourth-order valence-corrected chi connectivity index (χ4v) is 7.32. The lowest BCUT2D eigenvalue weighted by Crippen LogP contribution is -2.53. The minimum Gasteiger partial charge on any atom is -0.352 e. The van der Waals surface area contributed by atoms with Gasteiger partial charge in [-0.05, 0) is 60.7 Å². The Labute approximate surface area is 285 Å². The average molecular weight is 714 g/mol. The van der Waals surface area contributed by atoms with E-state index in [0.717, 1.165) is 48.2 Å². The van der Waals surface area contributed by atoms with Gasteiger partial charge in [-0.1, -0.05) is 102 Å². The molecule has 0 bridgehead atoms. The Bertz CT molecular complexity index is 1580. The summed E-state index contributed by atoms with van der Waals surface area (Å²) in [5.41, 5.74) is 1.86. The van der Waals surface area contributed by atoms with Gasteiger partial charge in [0, 0.05) is 37.0 Å². The molecule has 12 heteroatoms. The van der Waals surface area contributed by atoms with E-state index in [-0.39, 0.29) is 54.5 Å². The van der Waals surface area contributed by atoms with E-state index in [1.165, 1.54) is 12.1 Å². The molecule has 2 amide bonds. The molecule has 0 aromatic heterocycles. The van der Waals surface area contributed by atoms with Crippen LogP contribution in [0.3, 0.4) is 0 Å². The highest BCUT2D eigenvalue weighted by Gasteiger charge is 2.32. The third kappa shape index (κ3) is 10.2. The maximum Gasteiger partial charge on any atom is 0.243 e. The van der Waals surface area contributed by atoms with Gasteiger partial charge in [0.05, 0.1) is 27.0 Å². The Morgan fingerprint density at radius 3 is 2.22 bits per heavy atom. The van der Waals surface area contributed by atoms with Gasteiger partial charge in [-0.15, -0.1) is 0 Å². The summed E-state index contributed by atoms with van der Waals surface area (Å²) in [5, 5.41) is 4.49. The summed E-state index contributed by atoms with van der Waals surface area (Å²) in [4.78, 5) is 29.6. The van der Waals surface area contributed by atoms with E-state index < -0.39 is 16.1 Å². The number of amides is 2. The van der Waals surface area contributed by atoms with E-state index in [2.05, 4.69) is 5.32 Å². The van der Waals surface area contributed by atoms with Crippen LogP contribution in [0, 0.1) is 0 Å². The number of anilines is 1. The van der Waals surface area contributed by atoms with Crippen molar-refractivity contribution in [2.24, 2.45) is 0 Å².